The highest BCUT2D eigenvalue weighted by molar-refractivity contribution is 6.06. The molecule has 0 saturated heterocycles. The minimum atomic E-state index is -0.231. The lowest BCUT2D eigenvalue weighted by atomic mass is 9.97. The molecule has 3 aromatic rings. The van der Waals surface area contributed by atoms with Crippen LogP contribution in [0.5, 0.6) is 11.5 Å². The molecule has 28 heavy (non-hydrogen) atoms. The summed E-state index contributed by atoms with van der Waals surface area (Å²) in [5, 5.41) is 16.5. The third-order valence-corrected chi connectivity index (χ3v) is 4.84. The van der Waals surface area contributed by atoms with Crippen molar-refractivity contribution in [1.82, 2.24) is 5.01 Å². The summed E-state index contributed by atoms with van der Waals surface area (Å²) >= 11 is 0. The van der Waals surface area contributed by atoms with Crippen LogP contribution in [0.2, 0.25) is 0 Å². The number of hydrogen-bond acceptors (Lipinski definition) is 4. The van der Waals surface area contributed by atoms with Crippen molar-refractivity contribution in [2.45, 2.75) is 12.5 Å². The Morgan fingerprint density at radius 2 is 1.71 bits per heavy atom. The molecule has 1 aliphatic heterocycles. The molecule has 0 radical (unpaired) electrons. The lowest BCUT2D eigenvalue weighted by Gasteiger charge is -2.22. The number of hydrazone groups is 1. The van der Waals surface area contributed by atoms with E-state index in [2.05, 4.69) is 5.10 Å². The van der Waals surface area contributed by atoms with Gasteiger partial charge in [-0.1, -0.05) is 48.5 Å². The number of nitrogens with zero attached hydrogens (tertiary/aromatic N) is 2. The summed E-state index contributed by atoms with van der Waals surface area (Å²) in [6, 6.07) is 23.8. The number of carbonyl (C=O) groups is 1. The van der Waals surface area contributed by atoms with Crippen molar-refractivity contribution in [2.24, 2.45) is 5.10 Å². The number of hydrogen-bond donors (Lipinski definition) is 1. The van der Waals surface area contributed by atoms with Crippen molar-refractivity contribution in [3.63, 3.8) is 0 Å². The van der Waals surface area contributed by atoms with E-state index in [4.69, 9.17) is 4.74 Å². The van der Waals surface area contributed by atoms with Gasteiger partial charge in [0.1, 0.15) is 11.5 Å². The minimum absolute atomic E-state index is 0.0823. The fourth-order valence-corrected chi connectivity index (χ4v) is 3.39. The number of carbonyl (C=O) groups excluding carboxylic acids is 1. The van der Waals surface area contributed by atoms with E-state index in [0.717, 1.165) is 5.56 Å². The molecule has 0 spiro atoms. The third-order valence-electron chi connectivity index (χ3n) is 4.84. The second kappa shape index (κ2) is 7.56. The molecule has 0 aliphatic carbocycles. The number of rotatable bonds is 4. The molecule has 1 heterocycles. The van der Waals surface area contributed by atoms with E-state index < -0.39 is 0 Å². The molecule has 3 aromatic carbocycles. The highest BCUT2D eigenvalue weighted by Crippen LogP contribution is 2.36. The van der Waals surface area contributed by atoms with Gasteiger partial charge >= 0.3 is 0 Å². The average molecular weight is 372 g/mol. The van der Waals surface area contributed by atoms with E-state index in [0.29, 0.717) is 29.0 Å². The smallest absolute Gasteiger partial charge is 0.274 e. The number of amides is 1. The molecular formula is C23H20N2O3. The van der Waals surface area contributed by atoms with Gasteiger partial charge in [-0.2, -0.15) is 5.10 Å². The molecule has 1 atom stereocenters. The molecular weight excluding hydrogens is 352 g/mol. The van der Waals surface area contributed by atoms with Crippen molar-refractivity contribution < 1.29 is 14.6 Å². The van der Waals surface area contributed by atoms with E-state index in [9.17, 15) is 9.90 Å². The zero-order valence-electron chi connectivity index (χ0n) is 15.4. The topological polar surface area (TPSA) is 62.1 Å². The number of aromatic hydroxyl groups is 1. The monoisotopic (exact) mass is 372 g/mol. The Morgan fingerprint density at radius 3 is 2.36 bits per heavy atom. The molecule has 0 bridgehead atoms. The van der Waals surface area contributed by atoms with E-state index in [1.165, 1.54) is 5.01 Å². The van der Waals surface area contributed by atoms with Gasteiger partial charge in [0.2, 0.25) is 0 Å². The van der Waals surface area contributed by atoms with Crippen molar-refractivity contribution in [3.8, 4) is 11.5 Å². The van der Waals surface area contributed by atoms with Gasteiger partial charge in [-0.3, -0.25) is 4.79 Å². The quantitative estimate of drug-likeness (QED) is 0.739. The standard InChI is InChI=1S/C23H20N2O3/c1-28-18-12-13-19(22(26)14-18)20-15-21(16-8-4-2-5-9-16)25(24-20)23(27)17-10-6-3-7-11-17/h2-14,21,26H,15H2,1H3/t21-/m0/s1. The normalized spacial score (nSPS) is 16.0. The van der Waals surface area contributed by atoms with E-state index in [-0.39, 0.29) is 17.7 Å². The highest BCUT2D eigenvalue weighted by atomic mass is 16.5. The van der Waals surface area contributed by atoms with Crippen LogP contribution >= 0.6 is 0 Å². The Bertz CT molecular complexity index is 1020. The summed E-state index contributed by atoms with van der Waals surface area (Å²) in [5.74, 6) is 0.480. The van der Waals surface area contributed by atoms with Gasteiger partial charge in [-0.15, -0.1) is 0 Å². The van der Waals surface area contributed by atoms with Crippen LogP contribution in [0.15, 0.2) is 84.0 Å². The van der Waals surface area contributed by atoms with Crippen molar-refractivity contribution in [1.29, 1.82) is 0 Å². The van der Waals surface area contributed by atoms with Crippen LogP contribution in [0.1, 0.15) is 33.9 Å². The molecule has 1 aliphatic rings. The third kappa shape index (κ3) is 3.34. The molecule has 1 amide bonds. The maximum absolute atomic E-state index is 13.1. The van der Waals surface area contributed by atoms with Gasteiger partial charge in [-0.25, -0.2) is 5.01 Å². The first-order valence-corrected chi connectivity index (χ1v) is 9.06. The average Bonchev–Trinajstić information content (AvgIpc) is 3.19. The predicted molar refractivity (Wildman–Crippen MR) is 108 cm³/mol. The second-order valence-electron chi connectivity index (χ2n) is 6.58. The maximum atomic E-state index is 13.1. The van der Waals surface area contributed by atoms with Gasteiger partial charge in [0, 0.05) is 23.6 Å². The van der Waals surface area contributed by atoms with E-state index >= 15 is 0 Å². The zero-order valence-corrected chi connectivity index (χ0v) is 15.4. The van der Waals surface area contributed by atoms with Crippen molar-refractivity contribution in [2.75, 3.05) is 7.11 Å². The first-order valence-electron chi connectivity index (χ1n) is 9.06. The fraction of sp³-hybridized carbons (Fsp3) is 0.130. The number of ether oxygens (including phenoxy) is 1. The van der Waals surface area contributed by atoms with Crippen LogP contribution in [0.4, 0.5) is 0 Å². The Kier molecular flexibility index (Phi) is 4.81. The number of benzene rings is 3. The van der Waals surface area contributed by atoms with Gasteiger partial charge in [0.25, 0.3) is 5.91 Å². The van der Waals surface area contributed by atoms with Gasteiger partial charge in [0.15, 0.2) is 0 Å². The first-order chi connectivity index (χ1) is 13.7. The molecule has 0 fully saturated rings. The molecule has 1 N–H and O–H groups in total. The summed E-state index contributed by atoms with van der Waals surface area (Å²) < 4.78 is 5.16. The lowest BCUT2D eigenvalue weighted by molar-refractivity contribution is 0.0711. The number of phenolic OH excluding ortho intramolecular Hbond substituents is 1. The van der Waals surface area contributed by atoms with Gasteiger partial charge < -0.3 is 9.84 Å². The Morgan fingerprint density at radius 1 is 1.04 bits per heavy atom. The molecule has 5 heteroatoms. The zero-order chi connectivity index (χ0) is 19.5. The highest BCUT2D eigenvalue weighted by Gasteiger charge is 2.34. The van der Waals surface area contributed by atoms with Crippen LogP contribution in [0.25, 0.3) is 0 Å². The SMILES string of the molecule is COc1ccc(C2=NN(C(=O)c3ccccc3)[C@H](c3ccccc3)C2)c(O)c1. The molecule has 140 valence electrons. The Labute approximate surface area is 163 Å². The molecule has 0 unspecified atom stereocenters. The van der Waals surface area contributed by atoms with E-state index in [1.54, 1.807) is 37.4 Å². The fourth-order valence-electron chi connectivity index (χ4n) is 3.39. The molecule has 5 nitrogen and oxygen atoms in total. The second-order valence-corrected chi connectivity index (χ2v) is 6.58. The van der Waals surface area contributed by atoms with Crippen LogP contribution in [-0.2, 0) is 0 Å². The van der Waals surface area contributed by atoms with E-state index in [1.807, 2.05) is 48.5 Å². The van der Waals surface area contributed by atoms with Crippen LogP contribution < -0.4 is 4.74 Å². The Hall–Kier alpha value is -3.60. The summed E-state index contributed by atoms with van der Waals surface area (Å²) in [4.78, 5) is 13.1. The maximum Gasteiger partial charge on any atom is 0.274 e. The molecule has 4 rings (SSSR count). The summed E-state index contributed by atoms with van der Waals surface area (Å²) in [6.45, 7) is 0. The van der Waals surface area contributed by atoms with Gasteiger partial charge in [-0.05, 0) is 29.8 Å². The van der Waals surface area contributed by atoms with Crippen molar-refractivity contribution >= 4 is 11.6 Å². The number of methoxy groups -OCH3 is 1. The van der Waals surface area contributed by atoms with Gasteiger partial charge in [0.05, 0.1) is 18.9 Å². The predicted octanol–water partition coefficient (Wildman–Crippen LogP) is 4.39. The molecule has 0 saturated carbocycles. The van der Waals surface area contributed by atoms with Crippen LogP contribution in [0.3, 0.4) is 0 Å². The number of phenols is 1. The Balaban J connectivity index is 1.74. The summed E-state index contributed by atoms with van der Waals surface area (Å²) in [5.41, 5.74) is 2.84. The van der Waals surface area contributed by atoms with Crippen molar-refractivity contribution in [3.05, 3.63) is 95.6 Å². The lowest BCUT2D eigenvalue weighted by Crippen LogP contribution is -2.27. The summed E-state index contributed by atoms with van der Waals surface area (Å²) in [7, 11) is 1.55. The minimum Gasteiger partial charge on any atom is -0.507 e. The largest absolute Gasteiger partial charge is 0.507 e. The first kappa shape index (κ1) is 17.8. The van der Waals surface area contributed by atoms with Crippen LogP contribution in [0, 0.1) is 0 Å². The van der Waals surface area contributed by atoms with Crippen LogP contribution in [-0.4, -0.2) is 28.8 Å². The summed E-state index contributed by atoms with van der Waals surface area (Å²) in [6.07, 6.45) is 0.516. The molecule has 0 aromatic heterocycles.